The minimum atomic E-state index is -0.439. The molecule has 0 bridgehead atoms. The van der Waals surface area contributed by atoms with Gasteiger partial charge in [-0.25, -0.2) is 14.2 Å². The first-order valence-corrected chi connectivity index (χ1v) is 8.11. The second-order valence-corrected chi connectivity index (χ2v) is 5.93. The summed E-state index contributed by atoms with van der Waals surface area (Å²) in [7, 11) is 2.98. The van der Waals surface area contributed by atoms with Crippen LogP contribution < -0.4 is 11.2 Å². The highest BCUT2D eigenvalue weighted by molar-refractivity contribution is 7.98. The van der Waals surface area contributed by atoms with Gasteiger partial charge in [0.1, 0.15) is 5.82 Å². The van der Waals surface area contributed by atoms with E-state index in [9.17, 15) is 14.0 Å². The van der Waals surface area contributed by atoms with Gasteiger partial charge in [-0.05, 0) is 12.3 Å². The number of nitrogens with zero attached hydrogens (tertiary/aromatic N) is 4. The normalized spacial score (nSPS) is 11.3. The minimum absolute atomic E-state index is 0.173. The van der Waals surface area contributed by atoms with Gasteiger partial charge in [0.25, 0.3) is 5.56 Å². The Morgan fingerprint density at radius 2 is 1.87 bits per heavy atom. The van der Waals surface area contributed by atoms with Crippen LogP contribution in [0.1, 0.15) is 5.56 Å². The highest BCUT2D eigenvalue weighted by atomic mass is 32.2. The predicted molar refractivity (Wildman–Crippen MR) is 87.5 cm³/mol. The molecular weight excluding hydrogens is 319 g/mol. The molecule has 0 atom stereocenters. The maximum Gasteiger partial charge on any atom is 0.332 e. The number of imidazole rings is 1. The molecule has 0 aliphatic heterocycles. The average molecular weight is 334 g/mol. The maximum absolute atomic E-state index is 14.0. The summed E-state index contributed by atoms with van der Waals surface area (Å²) in [5.41, 5.74) is 0.178. The first kappa shape index (κ1) is 15.5. The van der Waals surface area contributed by atoms with Gasteiger partial charge in [0.2, 0.25) is 0 Å². The van der Waals surface area contributed by atoms with Gasteiger partial charge in [-0.1, -0.05) is 30.0 Å². The van der Waals surface area contributed by atoms with Crippen LogP contribution in [0.2, 0.25) is 0 Å². The zero-order chi connectivity index (χ0) is 16.7. The van der Waals surface area contributed by atoms with Crippen LogP contribution in [-0.4, -0.2) is 24.9 Å². The Morgan fingerprint density at radius 3 is 2.52 bits per heavy atom. The standard InChI is InChI=1S/C15H15FN4O2S/c1-18-12-11(13(21)19(2)15(18)22)20(14(17-12)23-3)8-9-6-4-5-7-10(9)16/h4-7H,8H2,1-3H3. The van der Waals surface area contributed by atoms with Gasteiger partial charge >= 0.3 is 5.69 Å². The summed E-state index contributed by atoms with van der Waals surface area (Å²) in [5.74, 6) is -0.344. The maximum atomic E-state index is 14.0. The molecule has 0 aliphatic rings. The van der Waals surface area contributed by atoms with Gasteiger partial charge in [-0.3, -0.25) is 13.9 Å². The fraction of sp³-hybridized carbons (Fsp3) is 0.267. The van der Waals surface area contributed by atoms with Crippen LogP contribution in [0.25, 0.3) is 11.2 Å². The van der Waals surface area contributed by atoms with Crippen LogP contribution in [-0.2, 0) is 20.6 Å². The van der Waals surface area contributed by atoms with E-state index in [1.54, 1.807) is 29.8 Å². The van der Waals surface area contributed by atoms with Crippen molar-refractivity contribution in [2.45, 2.75) is 11.7 Å². The van der Waals surface area contributed by atoms with Crippen LogP contribution >= 0.6 is 11.8 Å². The lowest BCUT2D eigenvalue weighted by Crippen LogP contribution is -2.37. The number of benzene rings is 1. The molecule has 0 saturated heterocycles. The molecule has 3 aromatic rings. The van der Waals surface area contributed by atoms with E-state index in [2.05, 4.69) is 4.98 Å². The zero-order valence-electron chi connectivity index (χ0n) is 12.9. The summed E-state index contributed by atoms with van der Waals surface area (Å²) in [4.78, 5) is 28.9. The fourth-order valence-corrected chi connectivity index (χ4v) is 3.08. The molecule has 120 valence electrons. The third-order valence-corrected chi connectivity index (χ3v) is 4.46. The second kappa shape index (κ2) is 5.69. The molecule has 1 aromatic carbocycles. The minimum Gasteiger partial charge on any atom is -0.308 e. The Kier molecular flexibility index (Phi) is 3.85. The van der Waals surface area contributed by atoms with E-state index in [0.717, 1.165) is 4.57 Å². The Hall–Kier alpha value is -2.35. The van der Waals surface area contributed by atoms with E-state index < -0.39 is 11.2 Å². The molecule has 3 rings (SSSR count). The number of aryl methyl sites for hydroxylation is 1. The van der Waals surface area contributed by atoms with Crippen molar-refractivity contribution >= 4 is 22.9 Å². The molecule has 0 amide bonds. The van der Waals surface area contributed by atoms with Gasteiger partial charge < -0.3 is 4.57 Å². The zero-order valence-corrected chi connectivity index (χ0v) is 13.7. The van der Waals surface area contributed by atoms with Crippen LogP contribution in [0.4, 0.5) is 4.39 Å². The van der Waals surface area contributed by atoms with Crippen LogP contribution in [0.15, 0.2) is 39.0 Å². The fourth-order valence-electron chi connectivity index (χ4n) is 2.53. The Labute approximate surface area is 135 Å². The van der Waals surface area contributed by atoms with Crippen molar-refractivity contribution in [1.29, 1.82) is 0 Å². The number of rotatable bonds is 3. The van der Waals surface area contributed by atoms with Crippen LogP contribution in [0, 0.1) is 5.82 Å². The van der Waals surface area contributed by atoms with Crippen LogP contribution in [0.3, 0.4) is 0 Å². The van der Waals surface area contributed by atoms with Gasteiger partial charge in [-0.15, -0.1) is 0 Å². The third kappa shape index (κ3) is 2.39. The molecule has 0 saturated carbocycles. The quantitative estimate of drug-likeness (QED) is 0.678. The predicted octanol–water partition coefficient (Wildman–Crippen LogP) is 1.34. The lowest BCUT2D eigenvalue weighted by atomic mass is 10.2. The molecule has 0 fully saturated rings. The van der Waals surface area contributed by atoms with Crippen molar-refractivity contribution in [2.75, 3.05) is 6.26 Å². The molecular formula is C15H15FN4O2S. The van der Waals surface area contributed by atoms with Gasteiger partial charge in [0.05, 0.1) is 6.54 Å². The molecule has 0 unspecified atom stereocenters. The van der Waals surface area contributed by atoms with Crippen molar-refractivity contribution in [2.24, 2.45) is 14.1 Å². The van der Waals surface area contributed by atoms with E-state index in [4.69, 9.17) is 0 Å². The number of hydrogen-bond acceptors (Lipinski definition) is 4. The number of aromatic nitrogens is 4. The van der Waals surface area contributed by atoms with Crippen molar-refractivity contribution < 1.29 is 4.39 Å². The first-order chi connectivity index (χ1) is 11.0. The van der Waals surface area contributed by atoms with E-state index in [-0.39, 0.29) is 12.4 Å². The Morgan fingerprint density at radius 1 is 1.17 bits per heavy atom. The van der Waals surface area contributed by atoms with Crippen molar-refractivity contribution in [3.63, 3.8) is 0 Å². The number of hydrogen-bond donors (Lipinski definition) is 0. The smallest absolute Gasteiger partial charge is 0.308 e. The van der Waals surface area contributed by atoms with Gasteiger partial charge in [0.15, 0.2) is 16.3 Å². The lowest BCUT2D eigenvalue weighted by Gasteiger charge is -2.09. The topological polar surface area (TPSA) is 61.8 Å². The number of thioether (sulfide) groups is 1. The summed E-state index contributed by atoms with van der Waals surface area (Å²) >= 11 is 1.34. The van der Waals surface area contributed by atoms with Crippen LogP contribution in [0.5, 0.6) is 0 Å². The molecule has 0 spiro atoms. The molecule has 2 aromatic heterocycles. The molecule has 6 nitrogen and oxygen atoms in total. The highest BCUT2D eigenvalue weighted by Gasteiger charge is 2.19. The summed E-state index contributed by atoms with van der Waals surface area (Å²) in [6, 6.07) is 6.39. The number of halogens is 1. The average Bonchev–Trinajstić information content (AvgIpc) is 2.91. The second-order valence-electron chi connectivity index (χ2n) is 5.15. The highest BCUT2D eigenvalue weighted by Crippen LogP contribution is 2.21. The molecule has 0 N–H and O–H groups in total. The Balaban J connectivity index is 2.34. The first-order valence-electron chi connectivity index (χ1n) is 6.89. The SMILES string of the molecule is CSc1nc2c(c(=O)n(C)c(=O)n2C)n1Cc1ccccc1F. The molecule has 23 heavy (non-hydrogen) atoms. The summed E-state index contributed by atoms with van der Waals surface area (Å²) in [6.45, 7) is 0.173. The third-order valence-electron chi connectivity index (χ3n) is 3.78. The Bertz CT molecular complexity index is 1020. The van der Waals surface area contributed by atoms with E-state index in [1.165, 1.54) is 29.4 Å². The van der Waals surface area contributed by atoms with E-state index in [1.807, 2.05) is 6.26 Å². The molecule has 0 radical (unpaired) electrons. The van der Waals surface area contributed by atoms with E-state index in [0.29, 0.717) is 21.9 Å². The van der Waals surface area contributed by atoms with E-state index >= 15 is 0 Å². The lowest BCUT2D eigenvalue weighted by molar-refractivity contribution is 0.593. The molecule has 8 heteroatoms. The van der Waals surface area contributed by atoms with Gasteiger partial charge in [0, 0.05) is 19.7 Å². The van der Waals surface area contributed by atoms with Crippen molar-refractivity contribution in [3.05, 3.63) is 56.5 Å². The van der Waals surface area contributed by atoms with Crippen molar-refractivity contribution in [1.82, 2.24) is 18.7 Å². The summed E-state index contributed by atoms with van der Waals surface area (Å²) < 4.78 is 18.0. The number of fused-ring (bicyclic) bond motifs is 1. The molecule has 2 heterocycles. The summed E-state index contributed by atoms with van der Waals surface area (Å²) in [5, 5.41) is 0.557. The summed E-state index contributed by atoms with van der Waals surface area (Å²) in [6.07, 6.45) is 1.82. The monoisotopic (exact) mass is 334 g/mol. The van der Waals surface area contributed by atoms with Gasteiger partial charge in [-0.2, -0.15) is 0 Å². The largest absolute Gasteiger partial charge is 0.332 e. The van der Waals surface area contributed by atoms with Crippen molar-refractivity contribution in [3.8, 4) is 0 Å². The molecule has 0 aliphatic carbocycles.